The molecule has 0 heterocycles. The van der Waals surface area contributed by atoms with E-state index in [2.05, 4.69) is 50.4 Å². The van der Waals surface area contributed by atoms with Crippen LogP contribution in [-0.4, -0.2) is 11.1 Å². The summed E-state index contributed by atoms with van der Waals surface area (Å²) in [6, 6.07) is 16.0. The van der Waals surface area contributed by atoms with Gasteiger partial charge in [0.05, 0.1) is 5.02 Å². The van der Waals surface area contributed by atoms with Crippen LogP contribution in [0.3, 0.4) is 0 Å². The number of hydrogen-bond donors (Lipinski definition) is 2. The number of aromatic hydroxyl groups is 1. The molecule has 21 heavy (non-hydrogen) atoms. The molecule has 0 aliphatic heterocycles. The van der Waals surface area contributed by atoms with Crippen molar-refractivity contribution in [3.05, 3.63) is 59.1 Å². The van der Waals surface area contributed by atoms with Gasteiger partial charge in [0.2, 0.25) is 0 Å². The van der Waals surface area contributed by atoms with Crippen molar-refractivity contribution in [2.75, 3.05) is 5.32 Å². The second-order valence-corrected chi connectivity index (χ2v) is 6.57. The first-order valence-corrected chi connectivity index (χ1v) is 7.57. The summed E-state index contributed by atoms with van der Waals surface area (Å²) in [4.78, 5) is 0. The zero-order valence-corrected chi connectivity index (χ0v) is 13.5. The standard InChI is InChI=1S/C18H22ClNO/c1-13(20-15-9-10-17(21)16(19)11-15)12-18(2,3)14-7-5-4-6-8-14/h4-11,13,20-21H,12H2,1-3H3. The van der Waals surface area contributed by atoms with E-state index in [0.29, 0.717) is 11.1 Å². The number of rotatable bonds is 5. The minimum absolute atomic E-state index is 0.0917. The van der Waals surface area contributed by atoms with Crippen LogP contribution in [0.25, 0.3) is 0 Å². The van der Waals surface area contributed by atoms with Gasteiger partial charge in [0.25, 0.3) is 0 Å². The molecule has 1 atom stereocenters. The molecule has 0 amide bonds. The first kappa shape index (κ1) is 15.7. The zero-order chi connectivity index (χ0) is 15.5. The Bertz CT molecular complexity index is 595. The Labute approximate surface area is 131 Å². The minimum Gasteiger partial charge on any atom is -0.506 e. The van der Waals surface area contributed by atoms with Crippen molar-refractivity contribution in [1.82, 2.24) is 0 Å². The SMILES string of the molecule is CC(CC(C)(C)c1ccccc1)Nc1ccc(O)c(Cl)c1. The van der Waals surface area contributed by atoms with E-state index in [1.54, 1.807) is 12.1 Å². The van der Waals surface area contributed by atoms with Gasteiger partial charge in [-0.2, -0.15) is 0 Å². The molecule has 2 aromatic carbocycles. The van der Waals surface area contributed by atoms with Crippen molar-refractivity contribution >= 4 is 17.3 Å². The lowest BCUT2D eigenvalue weighted by Crippen LogP contribution is -2.27. The maximum Gasteiger partial charge on any atom is 0.134 e. The summed E-state index contributed by atoms with van der Waals surface area (Å²) in [6.45, 7) is 6.67. The molecular weight excluding hydrogens is 282 g/mol. The number of halogens is 1. The predicted molar refractivity (Wildman–Crippen MR) is 90.3 cm³/mol. The highest BCUT2D eigenvalue weighted by molar-refractivity contribution is 6.32. The zero-order valence-electron chi connectivity index (χ0n) is 12.7. The van der Waals surface area contributed by atoms with Crippen molar-refractivity contribution in [3.8, 4) is 5.75 Å². The fourth-order valence-electron chi connectivity index (χ4n) is 2.70. The molecule has 0 aromatic heterocycles. The number of nitrogens with one attached hydrogen (secondary N) is 1. The summed E-state index contributed by atoms with van der Waals surface area (Å²) in [7, 11) is 0. The van der Waals surface area contributed by atoms with Gasteiger partial charge in [0, 0.05) is 11.7 Å². The second kappa shape index (κ2) is 6.40. The average Bonchev–Trinajstić information content (AvgIpc) is 2.43. The molecule has 0 spiro atoms. The topological polar surface area (TPSA) is 32.3 Å². The van der Waals surface area contributed by atoms with Gasteiger partial charge in [-0.05, 0) is 42.5 Å². The van der Waals surface area contributed by atoms with E-state index in [-0.39, 0.29) is 11.2 Å². The molecule has 2 aromatic rings. The Morgan fingerprint density at radius 2 is 1.81 bits per heavy atom. The summed E-state index contributed by atoms with van der Waals surface area (Å²) in [5.41, 5.74) is 2.35. The van der Waals surface area contributed by atoms with Gasteiger partial charge in [-0.25, -0.2) is 0 Å². The highest BCUT2D eigenvalue weighted by Gasteiger charge is 2.23. The molecule has 2 N–H and O–H groups in total. The molecule has 0 saturated carbocycles. The molecular formula is C18H22ClNO. The van der Waals surface area contributed by atoms with Crippen molar-refractivity contribution in [2.45, 2.75) is 38.6 Å². The van der Waals surface area contributed by atoms with Gasteiger partial charge in [0.1, 0.15) is 5.75 Å². The Morgan fingerprint density at radius 3 is 2.43 bits per heavy atom. The lowest BCUT2D eigenvalue weighted by atomic mass is 9.79. The molecule has 0 radical (unpaired) electrons. The predicted octanol–water partition coefficient (Wildman–Crippen LogP) is 5.21. The van der Waals surface area contributed by atoms with Crippen LogP contribution in [0.5, 0.6) is 5.75 Å². The smallest absolute Gasteiger partial charge is 0.134 e. The Balaban J connectivity index is 2.04. The lowest BCUT2D eigenvalue weighted by molar-refractivity contribution is 0.450. The van der Waals surface area contributed by atoms with Crippen LogP contribution < -0.4 is 5.32 Å². The molecule has 2 rings (SSSR count). The van der Waals surface area contributed by atoms with Crippen molar-refractivity contribution in [3.63, 3.8) is 0 Å². The van der Waals surface area contributed by atoms with Crippen LogP contribution in [0.4, 0.5) is 5.69 Å². The van der Waals surface area contributed by atoms with Gasteiger partial charge in [-0.15, -0.1) is 0 Å². The molecule has 0 saturated heterocycles. The van der Waals surface area contributed by atoms with Gasteiger partial charge >= 0.3 is 0 Å². The molecule has 0 aliphatic rings. The molecule has 0 bridgehead atoms. The number of phenols is 1. The van der Waals surface area contributed by atoms with E-state index in [0.717, 1.165) is 12.1 Å². The number of hydrogen-bond acceptors (Lipinski definition) is 2. The van der Waals surface area contributed by atoms with E-state index in [1.165, 1.54) is 5.56 Å². The first-order chi connectivity index (χ1) is 9.88. The Kier molecular flexibility index (Phi) is 4.79. The van der Waals surface area contributed by atoms with E-state index in [1.807, 2.05) is 12.1 Å². The largest absolute Gasteiger partial charge is 0.506 e. The van der Waals surface area contributed by atoms with E-state index in [4.69, 9.17) is 11.6 Å². The summed E-state index contributed by atoms with van der Waals surface area (Å²) in [6.07, 6.45) is 0.996. The highest BCUT2D eigenvalue weighted by atomic mass is 35.5. The molecule has 3 heteroatoms. The van der Waals surface area contributed by atoms with Gasteiger partial charge in [-0.3, -0.25) is 0 Å². The fourth-order valence-corrected chi connectivity index (χ4v) is 2.89. The summed E-state index contributed by atoms with van der Waals surface area (Å²) < 4.78 is 0. The van der Waals surface area contributed by atoms with Crippen LogP contribution in [-0.2, 0) is 5.41 Å². The fraction of sp³-hybridized carbons (Fsp3) is 0.333. The third-order valence-electron chi connectivity index (χ3n) is 3.73. The molecule has 112 valence electrons. The number of benzene rings is 2. The summed E-state index contributed by atoms with van der Waals surface area (Å²) in [5.74, 6) is 0.111. The molecule has 1 unspecified atom stereocenters. The van der Waals surface area contributed by atoms with E-state index < -0.39 is 0 Å². The van der Waals surface area contributed by atoms with Crippen molar-refractivity contribution in [1.29, 1.82) is 0 Å². The molecule has 0 fully saturated rings. The highest BCUT2D eigenvalue weighted by Crippen LogP contribution is 2.30. The third kappa shape index (κ3) is 4.15. The second-order valence-electron chi connectivity index (χ2n) is 6.17. The van der Waals surface area contributed by atoms with Crippen LogP contribution in [0.1, 0.15) is 32.8 Å². The maximum atomic E-state index is 9.45. The number of anilines is 1. The minimum atomic E-state index is 0.0917. The third-order valence-corrected chi connectivity index (χ3v) is 4.04. The van der Waals surface area contributed by atoms with E-state index >= 15 is 0 Å². The maximum absolute atomic E-state index is 9.45. The monoisotopic (exact) mass is 303 g/mol. The average molecular weight is 304 g/mol. The Morgan fingerprint density at radius 1 is 1.14 bits per heavy atom. The van der Waals surface area contributed by atoms with Crippen LogP contribution in [0.2, 0.25) is 5.02 Å². The summed E-state index contributed by atoms with van der Waals surface area (Å²) in [5, 5.41) is 13.3. The van der Waals surface area contributed by atoms with Crippen molar-refractivity contribution in [2.24, 2.45) is 0 Å². The van der Waals surface area contributed by atoms with E-state index in [9.17, 15) is 5.11 Å². The molecule has 0 aliphatic carbocycles. The van der Waals surface area contributed by atoms with Crippen molar-refractivity contribution < 1.29 is 5.11 Å². The summed E-state index contributed by atoms with van der Waals surface area (Å²) >= 11 is 5.94. The van der Waals surface area contributed by atoms with Crippen LogP contribution in [0.15, 0.2) is 48.5 Å². The van der Waals surface area contributed by atoms with Gasteiger partial charge in [0.15, 0.2) is 0 Å². The molecule has 2 nitrogen and oxygen atoms in total. The Hall–Kier alpha value is -1.67. The van der Waals surface area contributed by atoms with Gasteiger partial charge in [-0.1, -0.05) is 55.8 Å². The normalized spacial score (nSPS) is 13.0. The van der Waals surface area contributed by atoms with Gasteiger partial charge < -0.3 is 10.4 Å². The first-order valence-electron chi connectivity index (χ1n) is 7.19. The lowest BCUT2D eigenvalue weighted by Gasteiger charge is -2.29. The van der Waals surface area contributed by atoms with Crippen LogP contribution >= 0.6 is 11.6 Å². The quantitative estimate of drug-likeness (QED) is 0.743. The number of phenolic OH excluding ortho intramolecular Hbond substituents is 1. The van der Waals surface area contributed by atoms with Crippen LogP contribution in [0, 0.1) is 0 Å².